The number of anilines is 12. The van der Waals surface area contributed by atoms with Crippen LogP contribution in [-0.4, -0.2) is 80.7 Å². The highest BCUT2D eigenvalue weighted by Crippen LogP contribution is 2.28. The second-order valence-corrected chi connectivity index (χ2v) is 17.6. The molecular weight excluding hydrogens is 1000 g/mol. The molecule has 0 radical (unpaired) electrons. The summed E-state index contributed by atoms with van der Waals surface area (Å²) in [6.45, 7) is 4.01. The number of aryl methyl sites for hydroxylation is 2. The van der Waals surface area contributed by atoms with Crippen LogP contribution in [0.5, 0.6) is 0 Å². The van der Waals surface area contributed by atoms with Crippen molar-refractivity contribution >= 4 is 113 Å². The number of rotatable bonds is 12. The van der Waals surface area contributed by atoms with E-state index < -0.39 is 0 Å². The van der Waals surface area contributed by atoms with Crippen LogP contribution in [0.25, 0.3) is 43.6 Å². The molecule has 0 aliphatic carbocycles. The number of benzene rings is 6. The van der Waals surface area contributed by atoms with Crippen molar-refractivity contribution in [3.8, 4) is 0 Å². The Morgan fingerprint density at radius 2 is 0.750 bits per heavy atom. The third kappa shape index (κ3) is 12.9. The SMILES string of the molecule is Cc1cc(Nc2ncnc3ccccc23)n[nH]1.Cc1ccc(Nc2nc(Nc3ccn[nH]3)c3ccccc3n2)cc1.c1ccc(Nc2nc(Nc3ccn[nH]3)c3ccccc3n2)cc1.c1ccc2c(Nc3ccn[nH]3)ncnc2c1. The molecule has 80 heavy (non-hydrogen) atoms. The largest absolute Gasteiger partial charge is 0.325 e. The van der Waals surface area contributed by atoms with Crippen molar-refractivity contribution in [3.63, 3.8) is 0 Å². The van der Waals surface area contributed by atoms with E-state index >= 15 is 0 Å². The lowest BCUT2D eigenvalue weighted by atomic mass is 10.2. The summed E-state index contributed by atoms with van der Waals surface area (Å²) >= 11 is 0. The van der Waals surface area contributed by atoms with Gasteiger partial charge in [0.15, 0.2) is 5.82 Å². The molecule has 392 valence electrons. The molecule has 8 heterocycles. The molecule has 0 saturated carbocycles. The summed E-state index contributed by atoms with van der Waals surface area (Å²) in [7, 11) is 0. The van der Waals surface area contributed by atoms with Crippen LogP contribution in [0.3, 0.4) is 0 Å². The number of aromatic amines is 4. The van der Waals surface area contributed by atoms with Crippen LogP contribution in [0.4, 0.5) is 69.8 Å². The van der Waals surface area contributed by atoms with Gasteiger partial charge >= 0.3 is 0 Å². The molecule has 0 amide bonds. The first-order valence-corrected chi connectivity index (χ1v) is 25.1. The van der Waals surface area contributed by atoms with Gasteiger partial charge in [0.05, 0.1) is 40.7 Å². The quantitative estimate of drug-likeness (QED) is 0.0544. The summed E-state index contributed by atoms with van der Waals surface area (Å²) in [4.78, 5) is 35.2. The summed E-state index contributed by atoms with van der Waals surface area (Å²) in [5, 5.41) is 50.5. The van der Waals surface area contributed by atoms with Gasteiger partial charge in [0.1, 0.15) is 53.4 Å². The number of hydrogen-bond donors (Lipinski definition) is 10. The standard InChI is InChI=1S/C18H16N6.C17H14N6.C12H11N5.C11H9N5/c1-12-6-8-13(9-7-12)20-18-21-15-5-3-2-4-14(15)17(23-18)22-16-10-11-19-24-16;1-2-6-12(7-3-1)19-17-20-14-9-5-4-8-13(14)16(22-17)21-15-10-11-18-23-15;1-8-6-11(17-16-8)15-12-9-4-2-3-5-10(9)13-7-14-12;1-2-4-9-8(3-1)11(13-7-12-9)15-10-5-6-14-16-10/h2-11H,1H3,(H3,19,20,21,22,23,24);1-11H,(H3,18,19,20,21,22,23);2-7H,1H3,(H2,13,14,15,16,17);1-7H,(H2,12,13,14,15,16). The van der Waals surface area contributed by atoms with Crippen LogP contribution in [0.1, 0.15) is 11.3 Å². The van der Waals surface area contributed by atoms with E-state index in [-0.39, 0.29) is 0 Å². The predicted octanol–water partition coefficient (Wildman–Crippen LogP) is 12.5. The van der Waals surface area contributed by atoms with E-state index in [1.165, 1.54) is 5.56 Å². The third-order valence-corrected chi connectivity index (χ3v) is 11.8. The minimum Gasteiger partial charge on any atom is -0.325 e. The van der Waals surface area contributed by atoms with Crippen molar-refractivity contribution in [2.24, 2.45) is 0 Å². The lowest BCUT2D eigenvalue weighted by molar-refractivity contribution is 1.05. The van der Waals surface area contributed by atoms with Crippen molar-refractivity contribution in [1.29, 1.82) is 0 Å². The van der Waals surface area contributed by atoms with Crippen molar-refractivity contribution in [1.82, 2.24) is 80.7 Å². The average molecular weight is 1060 g/mol. The summed E-state index contributed by atoms with van der Waals surface area (Å²) < 4.78 is 0. The summed E-state index contributed by atoms with van der Waals surface area (Å²) in [5.74, 6) is 7.18. The Bertz CT molecular complexity index is 4220. The molecule has 14 rings (SSSR count). The highest BCUT2D eigenvalue weighted by atomic mass is 15.2. The number of para-hydroxylation sites is 5. The van der Waals surface area contributed by atoms with Crippen molar-refractivity contribution in [2.75, 3.05) is 31.9 Å². The smallest absolute Gasteiger partial charge is 0.229 e. The fourth-order valence-corrected chi connectivity index (χ4v) is 8.04. The predicted molar refractivity (Wildman–Crippen MR) is 315 cm³/mol. The number of nitrogens with zero attached hydrogens (tertiary/aromatic N) is 12. The molecule has 0 aliphatic rings. The van der Waals surface area contributed by atoms with Gasteiger partial charge in [0.2, 0.25) is 11.9 Å². The first-order valence-electron chi connectivity index (χ1n) is 25.1. The second kappa shape index (κ2) is 24.3. The molecule has 0 saturated heterocycles. The zero-order valence-corrected chi connectivity index (χ0v) is 43.0. The van der Waals surface area contributed by atoms with Crippen LogP contribution < -0.4 is 31.9 Å². The van der Waals surface area contributed by atoms with E-state index in [2.05, 4.69) is 119 Å². The fraction of sp³-hybridized carbons (Fsp3) is 0.0345. The molecule has 0 spiro atoms. The number of hydrogen-bond acceptors (Lipinski definition) is 18. The van der Waals surface area contributed by atoms with Gasteiger partial charge in [-0.1, -0.05) is 84.4 Å². The van der Waals surface area contributed by atoms with Gasteiger partial charge in [-0.25, -0.2) is 29.9 Å². The first-order chi connectivity index (χ1) is 39.4. The highest BCUT2D eigenvalue weighted by Gasteiger charge is 2.12. The molecule has 6 aromatic carbocycles. The lowest BCUT2D eigenvalue weighted by Gasteiger charge is -2.11. The Hall–Kier alpha value is -11.7. The van der Waals surface area contributed by atoms with Gasteiger partial charge in [0, 0.05) is 62.9 Å². The average Bonchev–Trinajstić information content (AvgIpc) is 4.39. The van der Waals surface area contributed by atoms with Gasteiger partial charge in [0.25, 0.3) is 0 Å². The maximum Gasteiger partial charge on any atom is 0.229 e. The molecule has 0 unspecified atom stereocenters. The van der Waals surface area contributed by atoms with E-state index in [0.717, 1.165) is 107 Å². The molecule has 0 aliphatic heterocycles. The van der Waals surface area contributed by atoms with Crippen molar-refractivity contribution in [3.05, 3.63) is 218 Å². The maximum absolute atomic E-state index is 4.61. The maximum atomic E-state index is 4.61. The monoisotopic (exact) mass is 1050 g/mol. The van der Waals surface area contributed by atoms with Crippen LogP contribution in [0.2, 0.25) is 0 Å². The topological polar surface area (TPSA) is 290 Å². The van der Waals surface area contributed by atoms with E-state index in [0.29, 0.717) is 11.9 Å². The molecule has 22 heteroatoms. The zero-order valence-electron chi connectivity index (χ0n) is 43.0. The first kappa shape index (κ1) is 50.5. The summed E-state index contributed by atoms with van der Waals surface area (Å²) in [6, 6.07) is 56.9. The van der Waals surface area contributed by atoms with Gasteiger partial charge in [-0.15, -0.1) is 0 Å². The number of fused-ring (bicyclic) bond motifs is 4. The Kier molecular flexibility index (Phi) is 15.4. The van der Waals surface area contributed by atoms with E-state index in [1.54, 1.807) is 31.2 Å². The molecule has 0 atom stereocenters. The minimum atomic E-state index is 0.539. The Morgan fingerprint density at radius 3 is 1.20 bits per heavy atom. The summed E-state index contributed by atoms with van der Waals surface area (Å²) in [6.07, 6.45) is 8.16. The van der Waals surface area contributed by atoms with Gasteiger partial charge in [-0.3, -0.25) is 20.4 Å². The van der Waals surface area contributed by atoms with Crippen LogP contribution in [-0.2, 0) is 0 Å². The van der Waals surface area contributed by atoms with Crippen molar-refractivity contribution < 1.29 is 0 Å². The molecule has 22 nitrogen and oxygen atoms in total. The normalized spacial score (nSPS) is 10.6. The molecule has 8 aromatic heterocycles. The van der Waals surface area contributed by atoms with Crippen LogP contribution in [0, 0.1) is 13.8 Å². The number of aromatic nitrogens is 16. The zero-order chi connectivity index (χ0) is 54.3. The van der Waals surface area contributed by atoms with E-state index in [9.17, 15) is 0 Å². The molecule has 0 bridgehead atoms. The Balaban J connectivity index is 0.000000114. The van der Waals surface area contributed by atoms with Gasteiger partial charge in [-0.05, 0) is 86.6 Å². The van der Waals surface area contributed by atoms with E-state index in [1.807, 2.05) is 183 Å². The summed E-state index contributed by atoms with van der Waals surface area (Å²) in [5.41, 5.74) is 7.66. The van der Waals surface area contributed by atoms with Gasteiger partial charge < -0.3 is 31.9 Å². The van der Waals surface area contributed by atoms with Crippen LogP contribution >= 0.6 is 0 Å². The van der Waals surface area contributed by atoms with Crippen molar-refractivity contribution in [2.45, 2.75) is 13.8 Å². The minimum absolute atomic E-state index is 0.539. The number of nitrogens with one attached hydrogen (secondary N) is 10. The molecule has 0 fully saturated rings. The Morgan fingerprint density at radius 1 is 0.338 bits per heavy atom. The molecule has 14 aromatic rings. The molecular formula is C58H50N22. The number of H-pyrrole nitrogens is 4. The fourth-order valence-electron chi connectivity index (χ4n) is 8.04. The third-order valence-electron chi connectivity index (χ3n) is 11.8. The van der Waals surface area contributed by atoms with E-state index in [4.69, 9.17) is 0 Å². The molecule has 10 N–H and O–H groups in total. The second-order valence-electron chi connectivity index (χ2n) is 17.6. The highest BCUT2D eigenvalue weighted by molar-refractivity contribution is 5.94. The van der Waals surface area contributed by atoms with Gasteiger partial charge in [-0.2, -0.15) is 30.4 Å². The van der Waals surface area contributed by atoms with Crippen LogP contribution in [0.15, 0.2) is 207 Å². The lowest BCUT2D eigenvalue weighted by Crippen LogP contribution is -2.02. The Labute approximate surface area is 456 Å².